The molecule has 2 rings (SSSR count). The van der Waals surface area contributed by atoms with E-state index < -0.39 is 0 Å². The molecule has 1 aliphatic carbocycles. The van der Waals surface area contributed by atoms with Crippen molar-refractivity contribution in [1.82, 2.24) is 9.80 Å². The molecule has 1 saturated heterocycles. The molecule has 0 atom stereocenters. The van der Waals surface area contributed by atoms with Gasteiger partial charge in [-0.05, 0) is 63.7 Å². The summed E-state index contributed by atoms with van der Waals surface area (Å²) in [6.07, 6.45) is 8.80. The number of piperazine rings is 1. The first-order chi connectivity index (χ1) is 10.6. The summed E-state index contributed by atoms with van der Waals surface area (Å²) >= 11 is 0. The van der Waals surface area contributed by atoms with Crippen LogP contribution in [-0.2, 0) is 0 Å². The SMILES string of the molecule is CC(C)(C)CCC1CCC(CN2CCN(C(C)(C)C)CC2)CC1. The lowest BCUT2D eigenvalue weighted by Crippen LogP contribution is -2.54. The van der Waals surface area contributed by atoms with Gasteiger partial charge in [-0.15, -0.1) is 0 Å². The van der Waals surface area contributed by atoms with Gasteiger partial charge < -0.3 is 4.90 Å². The Kier molecular flexibility index (Phi) is 6.58. The molecule has 23 heavy (non-hydrogen) atoms. The van der Waals surface area contributed by atoms with Crippen LogP contribution in [0.25, 0.3) is 0 Å². The van der Waals surface area contributed by atoms with Crippen LogP contribution >= 0.6 is 0 Å². The zero-order valence-corrected chi connectivity index (χ0v) is 16.8. The van der Waals surface area contributed by atoms with Crippen LogP contribution in [0.15, 0.2) is 0 Å². The largest absolute Gasteiger partial charge is 0.301 e. The van der Waals surface area contributed by atoms with Crippen molar-refractivity contribution in [3.8, 4) is 0 Å². The molecule has 0 amide bonds. The third-order valence-corrected chi connectivity index (χ3v) is 6.11. The average Bonchev–Trinajstić information content (AvgIpc) is 2.45. The molecule has 1 saturated carbocycles. The van der Waals surface area contributed by atoms with Crippen molar-refractivity contribution >= 4 is 0 Å². The maximum absolute atomic E-state index is 2.74. The molecule has 0 radical (unpaired) electrons. The summed E-state index contributed by atoms with van der Waals surface area (Å²) in [4.78, 5) is 5.38. The van der Waals surface area contributed by atoms with Crippen molar-refractivity contribution in [2.45, 2.75) is 85.6 Å². The van der Waals surface area contributed by atoms with Crippen molar-refractivity contribution < 1.29 is 0 Å². The highest BCUT2D eigenvalue weighted by atomic mass is 15.3. The molecule has 2 aliphatic rings. The van der Waals surface area contributed by atoms with Crippen LogP contribution in [0.2, 0.25) is 0 Å². The molecular weight excluding hydrogens is 280 g/mol. The predicted octanol–water partition coefficient (Wildman–Crippen LogP) is 5.04. The fourth-order valence-corrected chi connectivity index (χ4v) is 4.31. The van der Waals surface area contributed by atoms with Gasteiger partial charge in [0, 0.05) is 38.3 Å². The average molecular weight is 323 g/mol. The predicted molar refractivity (Wildman–Crippen MR) is 102 cm³/mol. The topological polar surface area (TPSA) is 6.48 Å². The molecule has 0 aromatic rings. The molecule has 2 fully saturated rings. The third kappa shape index (κ3) is 6.74. The first-order valence-corrected chi connectivity index (χ1v) is 10.1. The maximum atomic E-state index is 2.74. The Hall–Kier alpha value is -0.0800. The summed E-state index contributed by atoms with van der Waals surface area (Å²) in [5.41, 5.74) is 0.862. The van der Waals surface area contributed by atoms with E-state index in [1.165, 1.54) is 71.2 Å². The highest BCUT2D eigenvalue weighted by Crippen LogP contribution is 2.35. The number of hydrogen-bond acceptors (Lipinski definition) is 2. The van der Waals surface area contributed by atoms with Crippen LogP contribution in [0.3, 0.4) is 0 Å². The highest BCUT2D eigenvalue weighted by Gasteiger charge is 2.28. The summed E-state index contributed by atoms with van der Waals surface area (Å²) < 4.78 is 0. The van der Waals surface area contributed by atoms with Crippen molar-refractivity contribution in [3.05, 3.63) is 0 Å². The van der Waals surface area contributed by atoms with E-state index >= 15 is 0 Å². The molecule has 1 aliphatic heterocycles. The second-order valence-corrected chi connectivity index (χ2v) is 10.4. The lowest BCUT2D eigenvalue weighted by molar-refractivity contribution is 0.0500. The minimum Gasteiger partial charge on any atom is -0.301 e. The Morgan fingerprint density at radius 3 is 1.74 bits per heavy atom. The Balaban J connectivity index is 1.64. The van der Waals surface area contributed by atoms with Crippen LogP contribution < -0.4 is 0 Å². The molecule has 0 spiro atoms. The van der Waals surface area contributed by atoms with E-state index in [0.717, 1.165) is 11.8 Å². The molecule has 0 N–H and O–H groups in total. The van der Waals surface area contributed by atoms with Gasteiger partial charge in [0.15, 0.2) is 0 Å². The van der Waals surface area contributed by atoms with Crippen LogP contribution in [0, 0.1) is 17.3 Å². The van der Waals surface area contributed by atoms with Gasteiger partial charge in [0.25, 0.3) is 0 Å². The van der Waals surface area contributed by atoms with Gasteiger partial charge in [-0.3, -0.25) is 4.90 Å². The molecule has 0 bridgehead atoms. The zero-order valence-electron chi connectivity index (χ0n) is 16.8. The second kappa shape index (κ2) is 7.87. The molecule has 0 aromatic carbocycles. The molecule has 136 valence electrons. The van der Waals surface area contributed by atoms with E-state index in [9.17, 15) is 0 Å². The van der Waals surface area contributed by atoms with Crippen molar-refractivity contribution in [1.29, 1.82) is 0 Å². The van der Waals surface area contributed by atoms with Gasteiger partial charge in [-0.1, -0.05) is 33.6 Å². The Morgan fingerprint density at radius 1 is 0.739 bits per heavy atom. The molecule has 0 unspecified atom stereocenters. The van der Waals surface area contributed by atoms with E-state index in [1.807, 2.05) is 0 Å². The van der Waals surface area contributed by atoms with Gasteiger partial charge in [0.1, 0.15) is 0 Å². The summed E-state index contributed by atoms with van der Waals surface area (Å²) in [7, 11) is 0. The highest BCUT2D eigenvalue weighted by molar-refractivity contribution is 4.84. The summed E-state index contributed by atoms with van der Waals surface area (Å²) in [6.45, 7) is 20.6. The fourth-order valence-electron chi connectivity index (χ4n) is 4.31. The van der Waals surface area contributed by atoms with Gasteiger partial charge in [0.2, 0.25) is 0 Å². The van der Waals surface area contributed by atoms with Crippen LogP contribution in [0.4, 0.5) is 0 Å². The van der Waals surface area contributed by atoms with E-state index in [-0.39, 0.29) is 0 Å². The number of hydrogen-bond donors (Lipinski definition) is 0. The molecule has 0 aromatic heterocycles. The standard InChI is InChI=1S/C21H42N2/c1-20(2,3)12-11-18-7-9-19(10-8-18)17-22-13-15-23(16-14-22)21(4,5)6/h18-19H,7-17H2,1-6H3. The Labute approximate surface area is 146 Å². The summed E-state index contributed by atoms with van der Waals surface area (Å²) in [5.74, 6) is 1.99. The van der Waals surface area contributed by atoms with E-state index in [2.05, 4.69) is 51.3 Å². The van der Waals surface area contributed by atoms with E-state index in [1.54, 1.807) is 0 Å². The van der Waals surface area contributed by atoms with Gasteiger partial charge in [-0.25, -0.2) is 0 Å². The minimum atomic E-state index is 0.344. The summed E-state index contributed by atoms with van der Waals surface area (Å²) in [5, 5.41) is 0. The number of nitrogens with zero attached hydrogens (tertiary/aromatic N) is 2. The lowest BCUT2D eigenvalue weighted by atomic mass is 9.77. The first-order valence-electron chi connectivity index (χ1n) is 10.1. The normalized spacial score (nSPS) is 29.0. The van der Waals surface area contributed by atoms with Crippen molar-refractivity contribution in [2.24, 2.45) is 17.3 Å². The smallest absolute Gasteiger partial charge is 0.0126 e. The Morgan fingerprint density at radius 2 is 1.26 bits per heavy atom. The van der Waals surface area contributed by atoms with Gasteiger partial charge >= 0.3 is 0 Å². The molecule has 1 heterocycles. The molecule has 2 nitrogen and oxygen atoms in total. The summed E-state index contributed by atoms with van der Waals surface area (Å²) in [6, 6.07) is 0. The second-order valence-electron chi connectivity index (χ2n) is 10.4. The van der Waals surface area contributed by atoms with E-state index in [4.69, 9.17) is 0 Å². The third-order valence-electron chi connectivity index (χ3n) is 6.11. The van der Waals surface area contributed by atoms with Gasteiger partial charge in [-0.2, -0.15) is 0 Å². The lowest BCUT2D eigenvalue weighted by Gasteiger charge is -2.43. The van der Waals surface area contributed by atoms with Crippen LogP contribution in [0.1, 0.15) is 80.1 Å². The zero-order chi connectivity index (χ0) is 17.1. The van der Waals surface area contributed by atoms with Crippen LogP contribution in [0.5, 0.6) is 0 Å². The van der Waals surface area contributed by atoms with Crippen molar-refractivity contribution in [2.75, 3.05) is 32.7 Å². The maximum Gasteiger partial charge on any atom is 0.0126 e. The fraction of sp³-hybridized carbons (Fsp3) is 1.00. The quantitative estimate of drug-likeness (QED) is 0.716. The van der Waals surface area contributed by atoms with Crippen LogP contribution in [-0.4, -0.2) is 48.1 Å². The number of rotatable bonds is 4. The first kappa shape index (κ1) is 19.2. The monoisotopic (exact) mass is 322 g/mol. The molecule has 2 heteroatoms. The molecular formula is C21H42N2. The van der Waals surface area contributed by atoms with E-state index in [0.29, 0.717) is 11.0 Å². The van der Waals surface area contributed by atoms with Crippen molar-refractivity contribution in [3.63, 3.8) is 0 Å². The minimum absolute atomic E-state index is 0.344. The Bertz CT molecular complexity index is 334. The van der Waals surface area contributed by atoms with Gasteiger partial charge in [0.05, 0.1) is 0 Å².